The number of H-pyrrole nitrogens is 1. The third-order valence-corrected chi connectivity index (χ3v) is 12.1. The predicted molar refractivity (Wildman–Crippen MR) is 139 cm³/mol. The molecule has 4 aliphatic carbocycles. The molecule has 0 aromatic carbocycles. The molecule has 2 saturated heterocycles. The lowest BCUT2D eigenvalue weighted by Gasteiger charge is -2.61. The summed E-state index contributed by atoms with van der Waals surface area (Å²) >= 11 is 0. The van der Waals surface area contributed by atoms with Gasteiger partial charge < -0.3 is 49.8 Å². The van der Waals surface area contributed by atoms with E-state index in [0.717, 1.165) is 0 Å². The van der Waals surface area contributed by atoms with Crippen LogP contribution >= 0.6 is 0 Å². The molecule has 6 bridgehead atoms. The maximum Gasteiger partial charge on any atom is 0.355 e. The Hall–Kier alpha value is -2.55. The van der Waals surface area contributed by atoms with Crippen molar-refractivity contribution in [3.8, 4) is 0 Å². The van der Waals surface area contributed by atoms with Gasteiger partial charge in [-0.2, -0.15) is 0 Å². The number of carboxylic acids is 1. The Morgan fingerprint density at radius 2 is 1.76 bits per heavy atom. The fourth-order valence-corrected chi connectivity index (χ4v) is 10.1. The minimum Gasteiger partial charge on any atom is -0.481 e. The second-order valence-corrected chi connectivity index (χ2v) is 13.8. The number of rotatable bonds is 7. The Kier molecular flexibility index (Phi) is 5.71. The monoisotopic (exact) mass is 593 g/mol. The first-order valence-corrected chi connectivity index (χ1v) is 14.4. The van der Waals surface area contributed by atoms with Crippen LogP contribution in [0.25, 0.3) is 0 Å². The summed E-state index contributed by atoms with van der Waals surface area (Å²) in [6.07, 6.45) is -3.19. The summed E-state index contributed by atoms with van der Waals surface area (Å²) in [6, 6.07) is 2.99. The first-order chi connectivity index (χ1) is 19.3. The molecule has 1 aromatic rings. The smallest absolute Gasteiger partial charge is 0.355 e. The number of esters is 2. The molecule has 13 nitrogen and oxygen atoms in total. The lowest BCUT2D eigenvalue weighted by Crippen LogP contribution is -2.75. The van der Waals surface area contributed by atoms with E-state index in [0.29, 0.717) is 0 Å². The van der Waals surface area contributed by atoms with Crippen molar-refractivity contribution in [3.05, 3.63) is 24.0 Å². The van der Waals surface area contributed by atoms with Crippen LogP contribution in [0, 0.1) is 22.7 Å². The SMILES string of the molecule is CC1CCC2(O)C3(C)CC4(O)OC2(C1OC(=O)CCC(=O)O)C1(O)C3(O)[C@H](OC(=O)c2ccc[nH]2)C(O)(C(C)C)C41C. The molecule has 0 radical (unpaired) electrons. The molecule has 6 fully saturated rings. The minimum atomic E-state index is -2.75. The Bertz CT molecular complexity index is 1370. The Morgan fingerprint density at radius 3 is 2.33 bits per heavy atom. The summed E-state index contributed by atoms with van der Waals surface area (Å²) in [5, 5.41) is 73.1. The summed E-state index contributed by atoms with van der Waals surface area (Å²) in [6.45, 7) is 7.65. The molecular formula is C29H39NO12. The number of aliphatic carboxylic acids is 1. The number of hydrogen-bond donors (Lipinski definition) is 7. The largest absolute Gasteiger partial charge is 0.481 e. The molecule has 10 unspecified atom stereocenters. The van der Waals surface area contributed by atoms with E-state index in [9.17, 15) is 39.9 Å². The zero-order valence-electron chi connectivity index (χ0n) is 24.2. The van der Waals surface area contributed by atoms with Crippen molar-refractivity contribution in [2.75, 3.05) is 0 Å². The quantitative estimate of drug-likeness (QED) is 0.212. The third kappa shape index (κ3) is 2.56. The molecule has 4 saturated carbocycles. The van der Waals surface area contributed by atoms with Crippen molar-refractivity contribution in [1.29, 1.82) is 0 Å². The maximum absolute atomic E-state index is 13.4. The van der Waals surface area contributed by atoms with E-state index < -0.39 is 106 Å². The fourth-order valence-electron chi connectivity index (χ4n) is 10.1. The highest BCUT2D eigenvalue weighted by molar-refractivity contribution is 5.87. The summed E-state index contributed by atoms with van der Waals surface area (Å²) in [4.78, 5) is 40.2. The van der Waals surface area contributed by atoms with Crippen molar-refractivity contribution in [2.45, 2.75) is 113 Å². The van der Waals surface area contributed by atoms with Crippen LogP contribution in [-0.2, 0) is 23.8 Å². The van der Waals surface area contributed by atoms with Crippen molar-refractivity contribution < 1.29 is 59.2 Å². The Morgan fingerprint density at radius 1 is 1.10 bits per heavy atom. The summed E-state index contributed by atoms with van der Waals surface area (Å²) in [5.74, 6) is -6.98. The molecule has 13 heteroatoms. The fraction of sp³-hybridized carbons (Fsp3) is 0.759. The molecule has 11 atom stereocenters. The maximum atomic E-state index is 13.4. The highest BCUT2D eigenvalue weighted by Gasteiger charge is 3.10. The molecule has 6 aliphatic rings. The zero-order chi connectivity index (χ0) is 31.1. The van der Waals surface area contributed by atoms with Gasteiger partial charge in [-0.15, -0.1) is 0 Å². The number of nitrogens with one attached hydrogen (secondary N) is 1. The van der Waals surface area contributed by atoms with Crippen LogP contribution in [0.15, 0.2) is 18.3 Å². The van der Waals surface area contributed by atoms with Crippen LogP contribution in [0.4, 0.5) is 0 Å². The van der Waals surface area contributed by atoms with Gasteiger partial charge >= 0.3 is 17.9 Å². The van der Waals surface area contributed by atoms with Gasteiger partial charge in [0.15, 0.2) is 17.5 Å². The molecule has 42 heavy (non-hydrogen) atoms. The average Bonchev–Trinajstić information content (AvgIpc) is 3.53. The van der Waals surface area contributed by atoms with Crippen LogP contribution in [-0.4, -0.2) is 99.5 Å². The van der Waals surface area contributed by atoms with Crippen LogP contribution in [0.3, 0.4) is 0 Å². The van der Waals surface area contributed by atoms with E-state index in [-0.39, 0.29) is 18.5 Å². The van der Waals surface area contributed by atoms with Gasteiger partial charge in [-0.1, -0.05) is 27.7 Å². The number of aromatic nitrogens is 1. The normalized spacial score (nSPS) is 51.5. The first-order valence-electron chi connectivity index (χ1n) is 14.4. The minimum absolute atomic E-state index is 0.00840. The van der Waals surface area contributed by atoms with Crippen LogP contribution in [0.1, 0.15) is 77.2 Å². The molecule has 3 heterocycles. The van der Waals surface area contributed by atoms with Crippen LogP contribution < -0.4 is 0 Å². The van der Waals surface area contributed by atoms with Gasteiger partial charge in [0.1, 0.15) is 34.2 Å². The highest BCUT2D eigenvalue weighted by Crippen LogP contribution is 2.90. The second-order valence-electron chi connectivity index (χ2n) is 13.8. The lowest BCUT2D eigenvalue weighted by atomic mass is 9.52. The predicted octanol–water partition coefficient (Wildman–Crippen LogP) is 0.228. The Labute approximate surface area is 241 Å². The van der Waals surface area contributed by atoms with E-state index in [2.05, 4.69) is 4.98 Å². The topological polar surface area (TPSA) is 216 Å². The van der Waals surface area contributed by atoms with Gasteiger partial charge in [-0.25, -0.2) is 4.79 Å². The van der Waals surface area contributed by atoms with Gasteiger partial charge in [-0.05, 0) is 43.7 Å². The molecule has 7 rings (SSSR count). The number of aromatic amines is 1. The molecule has 1 spiro atoms. The molecule has 232 valence electrons. The average molecular weight is 594 g/mol. The molecule has 7 N–H and O–H groups in total. The number of carboxylic acid groups (broad SMARTS) is 1. The lowest BCUT2D eigenvalue weighted by molar-refractivity contribution is -0.390. The number of hydrogen-bond acceptors (Lipinski definition) is 11. The summed E-state index contributed by atoms with van der Waals surface area (Å²) in [5.41, 5.74) is -16.4. The first kappa shape index (κ1) is 29.5. The van der Waals surface area contributed by atoms with Crippen LogP contribution in [0.2, 0.25) is 0 Å². The molecule has 1 aromatic heterocycles. The standard InChI is InChI=1S/C29H39NO12/c1-14(2)26(37)21(41-20(34)16-7-6-12-30-16)27(38)22(4)13-25(36)23(26,5)29(27,39)28(42-25)19(15(3)10-11-24(22,28)35)40-18(33)9-8-17(31)32/h6-7,12,14-15,19,21,30,35-39H,8-11,13H2,1-5H3,(H,31,32)/t15?,19?,21-,22?,23?,24?,25?,26?,27?,28?,29?/m1/s1. The summed E-state index contributed by atoms with van der Waals surface area (Å²) in [7, 11) is 0. The zero-order valence-corrected chi connectivity index (χ0v) is 24.2. The van der Waals surface area contributed by atoms with Crippen molar-refractivity contribution in [2.24, 2.45) is 22.7 Å². The number of ether oxygens (including phenoxy) is 3. The van der Waals surface area contributed by atoms with E-state index >= 15 is 0 Å². The number of aliphatic hydroxyl groups is 5. The van der Waals surface area contributed by atoms with Crippen molar-refractivity contribution in [1.82, 2.24) is 4.98 Å². The van der Waals surface area contributed by atoms with Crippen molar-refractivity contribution >= 4 is 17.9 Å². The van der Waals surface area contributed by atoms with Crippen molar-refractivity contribution in [3.63, 3.8) is 0 Å². The van der Waals surface area contributed by atoms with E-state index in [4.69, 9.17) is 19.3 Å². The molecule has 2 aliphatic heterocycles. The number of carbonyl (C=O) groups excluding carboxylic acids is 2. The number of carbonyl (C=O) groups is 3. The third-order valence-electron chi connectivity index (χ3n) is 12.1. The van der Waals surface area contributed by atoms with Gasteiger partial charge in [0.25, 0.3) is 0 Å². The van der Waals surface area contributed by atoms with Gasteiger partial charge in [0.2, 0.25) is 0 Å². The van der Waals surface area contributed by atoms with E-state index in [1.54, 1.807) is 26.8 Å². The highest BCUT2D eigenvalue weighted by atomic mass is 16.7. The van der Waals surface area contributed by atoms with Crippen LogP contribution in [0.5, 0.6) is 0 Å². The Balaban J connectivity index is 1.61. The van der Waals surface area contributed by atoms with E-state index in [1.807, 2.05) is 0 Å². The molecule has 0 amide bonds. The van der Waals surface area contributed by atoms with E-state index in [1.165, 1.54) is 26.1 Å². The van der Waals surface area contributed by atoms with Gasteiger partial charge in [-0.3, -0.25) is 9.59 Å². The van der Waals surface area contributed by atoms with Gasteiger partial charge in [0.05, 0.1) is 18.3 Å². The summed E-state index contributed by atoms with van der Waals surface area (Å²) < 4.78 is 18.1. The van der Waals surface area contributed by atoms with Gasteiger partial charge in [0, 0.05) is 18.0 Å². The molecular weight excluding hydrogens is 554 g/mol. The second kappa shape index (κ2) is 8.13.